The number of methoxy groups -OCH3 is 5. The average molecular weight is 1600 g/mol. The van der Waals surface area contributed by atoms with Gasteiger partial charge in [0.2, 0.25) is 0 Å². The van der Waals surface area contributed by atoms with Crippen molar-refractivity contribution in [2.45, 2.75) is 66.2 Å². The number of carbonyl (C=O) groups excluding carboxylic acids is 5. The fraction of sp³-hybridized carbons (Fsp3) is 0.151. The zero-order valence-corrected chi connectivity index (χ0v) is 68.5. The molecule has 592 valence electrons. The Bertz CT molecular complexity index is 6690. The molecule has 0 saturated heterocycles. The third-order valence-electron chi connectivity index (χ3n) is 19.5. The molecule has 0 N–H and O–H groups in total. The van der Waals surface area contributed by atoms with Crippen molar-refractivity contribution in [1.29, 1.82) is 10.5 Å². The van der Waals surface area contributed by atoms with Crippen LogP contribution < -0.4 is 4.74 Å². The molecule has 0 amide bonds. The Labute approximate surface area is 710 Å². The predicted molar refractivity (Wildman–Crippen MR) is 474 cm³/mol. The quantitative estimate of drug-likeness (QED) is 0.0347. The summed E-state index contributed by atoms with van der Waals surface area (Å²) in [7, 11) is 6.50. The summed E-state index contributed by atoms with van der Waals surface area (Å²) in [6.45, 7) is 34.8. The third-order valence-corrected chi connectivity index (χ3v) is 19.5. The average Bonchev–Trinajstić information content (AvgIpc) is 0.868. The van der Waals surface area contributed by atoms with Gasteiger partial charge in [0.15, 0.2) is 17.1 Å². The molecular formula is C106H77N5O11. The van der Waals surface area contributed by atoms with Crippen LogP contribution in [0.1, 0.15) is 225 Å². The van der Waals surface area contributed by atoms with E-state index in [0.29, 0.717) is 163 Å². The molecule has 0 aliphatic heterocycles. The third kappa shape index (κ3) is 22.5. The van der Waals surface area contributed by atoms with Gasteiger partial charge < -0.3 is 28.4 Å². The highest BCUT2D eigenvalue weighted by Crippen LogP contribution is 2.34. The Kier molecular flexibility index (Phi) is 29.1. The van der Waals surface area contributed by atoms with E-state index in [1.165, 1.54) is 35.5 Å². The molecule has 10 aromatic carbocycles. The second-order valence-electron chi connectivity index (χ2n) is 28.2. The largest absolute Gasteiger partial charge is 0.492 e. The van der Waals surface area contributed by atoms with Crippen LogP contribution in [0.3, 0.4) is 0 Å². The maximum atomic E-state index is 13.0. The van der Waals surface area contributed by atoms with Crippen molar-refractivity contribution in [3.63, 3.8) is 0 Å². The van der Waals surface area contributed by atoms with E-state index in [2.05, 4.69) is 92.8 Å². The lowest BCUT2D eigenvalue weighted by Gasteiger charge is -2.10. The summed E-state index contributed by atoms with van der Waals surface area (Å²) in [5.41, 5.74) is 13.2. The summed E-state index contributed by atoms with van der Waals surface area (Å²) in [6.07, 6.45) is 14.4. The highest BCUT2D eigenvalue weighted by molar-refractivity contribution is 5.98. The van der Waals surface area contributed by atoms with E-state index < -0.39 is 29.8 Å². The minimum absolute atomic E-state index is 0.110. The summed E-state index contributed by atoms with van der Waals surface area (Å²) in [6, 6.07) is 57.7. The Morgan fingerprint density at radius 3 is 0.943 bits per heavy atom. The number of hydrogen-bond acceptors (Lipinski definition) is 13. The zero-order valence-electron chi connectivity index (χ0n) is 68.5. The number of ether oxygens (including phenoxy) is 6. The highest BCUT2D eigenvalue weighted by Gasteiger charge is 2.19. The van der Waals surface area contributed by atoms with E-state index in [1.54, 1.807) is 218 Å². The van der Waals surface area contributed by atoms with Gasteiger partial charge in [-0.05, 0) is 300 Å². The molecule has 16 heteroatoms. The Morgan fingerprint density at radius 1 is 0.311 bits per heavy atom. The number of carbonyl (C=O) groups is 5. The number of unbranched alkanes of at least 4 members (excludes halogenated alkanes) is 5. The summed E-state index contributed by atoms with van der Waals surface area (Å²) in [4.78, 5) is 75.9. The van der Waals surface area contributed by atoms with Crippen molar-refractivity contribution in [3.8, 4) is 77.1 Å². The van der Waals surface area contributed by atoms with E-state index >= 15 is 0 Å². The molecule has 11 rings (SSSR count). The minimum atomic E-state index is -0.562. The summed E-state index contributed by atoms with van der Waals surface area (Å²) < 4.78 is 31.5. The minimum Gasteiger partial charge on any atom is -0.492 e. The van der Waals surface area contributed by atoms with Crippen molar-refractivity contribution in [3.05, 3.63) is 378 Å². The molecule has 16 nitrogen and oxygen atoms in total. The van der Waals surface area contributed by atoms with Crippen LogP contribution in [0.2, 0.25) is 0 Å². The van der Waals surface area contributed by atoms with Gasteiger partial charge in [-0.3, -0.25) is 0 Å². The van der Waals surface area contributed by atoms with Crippen LogP contribution in [0.5, 0.6) is 5.75 Å². The SMILES string of the molecule is [C-]#[N+]/C1=C\c2cc(C#Cc3ccc(C(=O)OC)cc3OCCCCCCCC)cc(c2)/C(C#N)=C/c2cc(C#Cc3ccc(C(=O)OC)cc3C)cc(c2)/C(C#N)=C/c2cc(C#Cc3ccc(C(=O)OC)cc3C)cc(c2)/C([N+]#[C-])=C/c2cc(C#Cc3ccc(C(=O)OC)cc3C)cc(c2)/C([N+]#[C-])=C/c2cc(C#Cc3ccc(C(=O)OC)cc3)cc1c2. The standard InChI is InChI=1S/C106H77N5O11/c1-13-14-15-16-17-18-41-122-101-65-90(106(116)121-12)40-36-85(101)30-26-74-48-79-56-92(51-74)96(66-107)60-77-45-73(23-27-82-33-37-87(42-68(82)2)103(113)118-9)50-91(55-77)97(67-108)61-78-46-75(24-28-83-34-38-88(43-69(83)3)104(114)119-10)53-93(57-78)99(110-6)64-81-49-76(25-29-84-35-39-89(44-70(84)4)105(115)120-11)54-95(59-81)100(111-7)63-80-47-72(52-94(58-80)98(62-79)109-5)20-19-71-21-31-86(32-22-71)102(112)117-8/h21-22,31-40,42-65H,13-18,41H2,1-4,8-12H3/b96-60+,97-61+,98-62-,99-64-,100-63-. The second-order valence-corrected chi connectivity index (χ2v) is 28.2. The van der Waals surface area contributed by atoms with Crippen molar-refractivity contribution in [1.82, 2.24) is 0 Å². The van der Waals surface area contributed by atoms with Crippen LogP contribution in [0.4, 0.5) is 0 Å². The zero-order chi connectivity index (χ0) is 86.8. The van der Waals surface area contributed by atoms with Gasteiger partial charge in [0.1, 0.15) is 5.75 Å². The van der Waals surface area contributed by atoms with Gasteiger partial charge in [-0.15, -0.1) is 0 Å². The molecule has 0 saturated carbocycles. The van der Waals surface area contributed by atoms with E-state index in [9.17, 15) is 34.5 Å². The molecule has 0 aromatic heterocycles. The molecule has 0 spiro atoms. The fourth-order valence-electron chi connectivity index (χ4n) is 13.2. The van der Waals surface area contributed by atoms with Gasteiger partial charge in [0.05, 0.1) is 119 Å². The predicted octanol–water partition coefficient (Wildman–Crippen LogP) is 21.0. The number of fused-ring (bicyclic) bond motifs is 10. The smallest absolute Gasteiger partial charge is 0.337 e. The number of allylic oxidation sites excluding steroid dienone is 2. The molecule has 0 unspecified atom stereocenters. The number of nitrogens with zero attached hydrogens (tertiary/aromatic N) is 5. The van der Waals surface area contributed by atoms with E-state index in [4.69, 9.17) is 48.1 Å². The Hall–Kier alpha value is -16.7. The number of esters is 5. The maximum absolute atomic E-state index is 13.0. The first-order valence-electron chi connectivity index (χ1n) is 38.6. The Morgan fingerprint density at radius 2 is 0.598 bits per heavy atom. The first kappa shape index (κ1) is 86.2. The van der Waals surface area contributed by atoms with Gasteiger partial charge in [-0.25, -0.2) is 38.5 Å². The number of aryl methyl sites for hydroxylation is 3. The lowest BCUT2D eigenvalue weighted by atomic mass is 9.94. The van der Waals surface area contributed by atoms with Crippen LogP contribution in [0.15, 0.2) is 188 Å². The lowest BCUT2D eigenvalue weighted by Crippen LogP contribution is -2.04. The number of rotatable bonds is 13. The first-order chi connectivity index (χ1) is 59.1. The van der Waals surface area contributed by atoms with Crippen LogP contribution >= 0.6 is 0 Å². The summed E-state index contributed by atoms with van der Waals surface area (Å²) in [5, 5.41) is 23.1. The molecule has 1 aliphatic carbocycles. The summed E-state index contributed by atoms with van der Waals surface area (Å²) in [5.74, 6) is 30.4. The van der Waals surface area contributed by atoms with Gasteiger partial charge >= 0.3 is 29.8 Å². The van der Waals surface area contributed by atoms with Crippen LogP contribution in [-0.4, -0.2) is 72.0 Å². The number of hydrogen-bond donors (Lipinski definition) is 0. The lowest BCUT2D eigenvalue weighted by molar-refractivity contribution is 0.0591. The maximum Gasteiger partial charge on any atom is 0.337 e. The molecule has 122 heavy (non-hydrogen) atoms. The molecule has 0 atom stereocenters. The molecule has 1 aliphatic rings. The van der Waals surface area contributed by atoms with Crippen LogP contribution in [0, 0.1) is 122 Å². The number of benzene rings is 10. The Balaban J connectivity index is 1.21. The van der Waals surface area contributed by atoms with Gasteiger partial charge in [0.25, 0.3) is 0 Å². The number of nitriles is 2. The normalized spacial score (nSPS) is 13.2. The molecule has 0 radical (unpaired) electrons. The summed E-state index contributed by atoms with van der Waals surface area (Å²) >= 11 is 0. The topological polar surface area (TPSA) is 201 Å². The van der Waals surface area contributed by atoms with E-state index in [1.807, 2.05) is 20.8 Å². The molecule has 10 bridgehead atoms. The second kappa shape index (κ2) is 41.2. The van der Waals surface area contributed by atoms with E-state index in [0.717, 1.165) is 38.5 Å². The van der Waals surface area contributed by atoms with Crippen molar-refractivity contribution in [2.24, 2.45) is 0 Å². The van der Waals surface area contributed by atoms with Gasteiger partial charge in [-0.1, -0.05) is 116 Å². The van der Waals surface area contributed by atoms with Gasteiger partial charge in [-0.2, -0.15) is 10.5 Å². The fourth-order valence-corrected chi connectivity index (χ4v) is 13.2. The molecular weight excluding hydrogens is 1520 g/mol. The van der Waals surface area contributed by atoms with Crippen molar-refractivity contribution >= 4 is 88.5 Å². The molecule has 0 fully saturated rings. The van der Waals surface area contributed by atoms with Crippen molar-refractivity contribution in [2.75, 3.05) is 42.2 Å². The monoisotopic (exact) mass is 1600 g/mol. The van der Waals surface area contributed by atoms with Crippen molar-refractivity contribution < 1.29 is 52.4 Å². The molecule has 10 aromatic rings. The van der Waals surface area contributed by atoms with Crippen LogP contribution in [0.25, 0.3) is 73.2 Å². The van der Waals surface area contributed by atoms with E-state index in [-0.39, 0.29) is 33.8 Å². The first-order valence-corrected chi connectivity index (χ1v) is 38.6. The highest BCUT2D eigenvalue weighted by atomic mass is 16.5. The van der Waals surface area contributed by atoms with Crippen LogP contribution in [-0.2, 0) is 23.7 Å². The molecule has 0 heterocycles. The van der Waals surface area contributed by atoms with Gasteiger partial charge in [0, 0.05) is 50.1 Å².